The Labute approximate surface area is 85.3 Å². The van der Waals surface area contributed by atoms with E-state index in [0.717, 1.165) is 19.8 Å². The highest BCUT2D eigenvalue weighted by Gasteiger charge is 2.18. The minimum absolute atomic E-state index is 0.380. The molecule has 1 aromatic rings. The standard InChI is InChI=1S/C12H17NO/c1-9-4-3-5-10(2)12(9)11-8-14-7-6-13-11/h3-5,11,13H,6-8H2,1-2H3. The van der Waals surface area contributed by atoms with Crippen LogP contribution in [0.1, 0.15) is 22.7 Å². The van der Waals surface area contributed by atoms with Gasteiger partial charge in [0.1, 0.15) is 0 Å². The Morgan fingerprint density at radius 1 is 1.29 bits per heavy atom. The minimum Gasteiger partial charge on any atom is -0.378 e. The first kappa shape index (κ1) is 9.69. The molecule has 2 heteroatoms. The molecule has 2 rings (SSSR count). The van der Waals surface area contributed by atoms with Crippen LogP contribution in [0.2, 0.25) is 0 Å². The summed E-state index contributed by atoms with van der Waals surface area (Å²) < 4.78 is 5.48. The van der Waals surface area contributed by atoms with Gasteiger partial charge in [0, 0.05) is 6.54 Å². The number of hydrogen-bond donors (Lipinski definition) is 1. The van der Waals surface area contributed by atoms with Gasteiger partial charge in [-0.05, 0) is 30.5 Å². The number of rotatable bonds is 1. The summed E-state index contributed by atoms with van der Waals surface area (Å²) in [6, 6.07) is 6.82. The number of aryl methyl sites for hydroxylation is 2. The molecule has 0 amide bonds. The maximum Gasteiger partial charge on any atom is 0.0662 e. The number of ether oxygens (including phenoxy) is 1. The van der Waals surface area contributed by atoms with Crippen LogP contribution in [0.5, 0.6) is 0 Å². The molecular formula is C12H17NO. The molecule has 1 fully saturated rings. The largest absolute Gasteiger partial charge is 0.378 e. The zero-order chi connectivity index (χ0) is 9.97. The van der Waals surface area contributed by atoms with E-state index in [1.807, 2.05) is 0 Å². The van der Waals surface area contributed by atoms with E-state index < -0.39 is 0 Å². The van der Waals surface area contributed by atoms with Gasteiger partial charge in [-0.25, -0.2) is 0 Å². The van der Waals surface area contributed by atoms with Crippen molar-refractivity contribution in [3.8, 4) is 0 Å². The predicted octanol–water partition coefficient (Wildman–Crippen LogP) is 1.96. The fraction of sp³-hybridized carbons (Fsp3) is 0.500. The van der Waals surface area contributed by atoms with Crippen LogP contribution in [0.15, 0.2) is 18.2 Å². The molecule has 0 aliphatic carbocycles. The van der Waals surface area contributed by atoms with E-state index in [4.69, 9.17) is 4.74 Å². The highest BCUT2D eigenvalue weighted by atomic mass is 16.5. The van der Waals surface area contributed by atoms with Crippen molar-refractivity contribution in [3.63, 3.8) is 0 Å². The highest BCUT2D eigenvalue weighted by molar-refractivity contribution is 5.36. The Morgan fingerprint density at radius 2 is 2.00 bits per heavy atom. The molecule has 1 unspecified atom stereocenters. The van der Waals surface area contributed by atoms with Gasteiger partial charge in [-0.3, -0.25) is 0 Å². The van der Waals surface area contributed by atoms with Gasteiger partial charge in [0.2, 0.25) is 0 Å². The van der Waals surface area contributed by atoms with Gasteiger partial charge >= 0.3 is 0 Å². The molecule has 1 aliphatic rings. The van der Waals surface area contributed by atoms with E-state index in [2.05, 4.69) is 37.4 Å². The quantitative estimate of drug-likeness (QED) is 0.732. The average Bonchev–Trinajstić information content (AvgIpc) is 2.19. The summed E-state index contributed by atoms with van der Waals surface area (Å²) in [7, 11) is 0. The van der Waals surface area contributed by atoms with Crippen LogP contribution >= 0.6 is 0 Å². The molecule has 1 saturated heterocycles. The van der Waals surface area contributed by atoms with Crippen LogP contribution in [0, 0.1) is 13.8 Å². The Balaban J connectivity index is 2.29. The van der Waals surface area contributed by atoms with E-state index in [1.165, 1.54) is 16.7 Å². The summed E-state index contributed by atoms with van der Waals surface area (Å²) in [4.78, 5) is 0. The summed E-state index contributed by atoms with van der Waals surface area (Å²) in [5, 5.41) is 3.49. The number of morpholine rings is 1. The molecular weight excluding hydrogens is 174 g/mol. The van der Waals surface area contributed by atoms with Crippen LogP contribution in [0.4, 0.5) is 0 Å². The van der Waals surface area contributed by atoms with Gasteiger partial charge in [-0.2, -0.15) is 0 Å². The summed E-state index contributed by atoms with van der Waals surface area (Å²) in [5.41, 5.74) is 4.12. The third kappa shape index (κ3) is 1.81. The van der Waals surface area contributed by atoms with Crippen LogP contribution < -0.4 is 5.32 Å². The topological polar surface area (TPSA) is 21.3 Å². The van der Waals surface area contributed by atoms with Crippen molar-refractivity contribution >= 4 is 0 Å². The molecule has 76 valence electrons. The lowest BCUT2D eigenvalue weighted by Gasteiger charge is -2.26. The molecule has 1 aromatic carbocycles. The van der Waals surface area contributed by atoms with E-state index >= 15 is 0 Å². The normalized spacial score (nSPS) is 22.3. The predicted molar refractivity (Wildman–Crippen MR) is 57.5 cm³/mol. The Bertz CT molecular complexity index is 296. The summed E-state index contributed by atoms with van der Waals surface area (Å²) >= 11 is 0. The fourth-order valence-electron chi connectivity index (χ4n) is 2.13. The fourth-order valence-corrected chi connectivity index (χ4v) is 2.13. The molecule has 0 spiro atoms. The van der Waals surface area contributed by atoms with Crippen LogP contribution in [0.3, 0.4) is 0 Å². The maximum absolute atomic E-state index is 5.48. The van der Waals surface area contributed by atoms with Gasteiger partial charge in [0.05, 0.1) is 19.3 Å². The molecule has 1 N–H and O–H groups in total. The number of benzene rings is 1. The smallest absolute Gasteiger partial charge is 0.0662 e. The second-order valence-corrected chi connectivity index (χ2v) is 3.89. The molecule has 1 heterocycles. The van der Waals surface area contributed by atoms with Gasteiger partial charge in [-0.15, -0.1) is 0 Å². The van der Waals surface area contributed by atoms with Crippen molar-refractivity contribution in [2.24, 2.45) is 0 Å². The van der Waals surface area contributed by atoms with Gasteiger partial charge in [-0.1, -0.05) is 18.2 Å². The van der Waals surface area contributed by atoms with E-state index in [0.29, 0.717) is 6.04 Å². The summed E-state index contributed by atoms with van der Waals surface area (Å²) in [6.07, 6.45) is 0. The SMILES string of the molecule is Cc1cccc(C)c1C1COCCN1. The van der Waals surface area contributed by atoms with Crippen molar-refractivity contribution in [1.82, 2.24) is 5.32 Å². The van der Waals surface area contributed by atoms with E-state index in [-0.39, 0.29) is 0 Å². The molecule has 2 nitrogen and oxygen atoms in total. The highest BCUT2D eigenvalue weighted by Crippen LogP contribution is 2.23. The third-order valence-corrected chi connectivity index (χ3v) is 2.81. The van der Waals surface area contributed by atoms with Crippen molar-refractivity contribution in [2.75, 3.05) is 19.8 Å². The second-order valence-electron chi connectivity index (χ2n) is 3.89. The zero-order valence-corrected chi connectivity index (χ0v) is 8.84. The maximum atomic E-state index is 5.48. The lowest BCUT2D eigenvalue weighted by molar-refractivity contribution is 0.0765. The molecule has 0 bridgehead atoms. The molecule has 0 radical (unpaired) electrons. The molecule has 14 heavy (non-hydrogen) atoms. The monoisotopic (exact) mass is 191 g/mol. The molecule has 1 atom stereocenters. The Morgan fingerprint density at radius 3 is 2.57 bits per heavy atom. The summed E-state index contributed by atoms with van der Waals surface area (Å²) in [6.45, 7) is 6.92. The molecule has 0 saturated carbocycles. The Kier molecular flexibility index (Phi) is 2.85. The van der Waals surface area contributed by atoms with Gasteiger partial charge in [0.25, 0.3) is 0 Å². The molecule has 0 aromatic heterocycles. The van der Waals surface area contributed by atoms with Gasteiger partial charge in [0.15, 0.2) is 0 Å². The lowest BCUT2D eigenvalue weighted by atomic mass is 9.96. The van der Waals surface area contributed by atoms with Crippen molar-refractivity contribution < 1.29 is 4.74 Å². The first-order valence-corrected chi connectivity index (χ1v) is 5.16. The van der Waals surface area contributed by atoms with Crippen molar-refractivity contribution in [2.45, 2.75) is 19.9 Å². The van der Waals surface area contributed by atoms with Crippen LogP contribution in [-0.4, -0.2) is 19.8 Å². The second kappa shape index (κ2) is 4.11. The molecule has 1 aliphatic heterocycles. The van der Waals surface area contributed by atoms with Gasteiger partial charge < -0.3 is 10.1 Å². The Hall–Kier alpha value is -0.860. The first-order valence-electron chi connectivity index (χ1n) is 5.16. The van der Waals surface area contributed by atoms with Crippen LogP contribution in [-0.2, 0) is 4.74 Å². The van der Waals surface area contributed by atoms with Crippen molar-refractivity contribution in [1.29, 1.82) is 0 Å². The average molecular weight is 191 g/mol. The van der Waals surface area contributed by atoms with E-state index in [9.17, 15) is 0 Å². The summed E-state index contributed by atoms with van der Waals surface area (Å²) in [5.74, 6) is 0. The third-order valence-electron chi connectivity index (χ3n) is 2.81. The first-order chi connectivity index (χ1) is 6.79. The zero-order valence-electron chi connectivity index (χ0n) is 8.84. The van der Waals surface area contributed by atoms with E-state index in [1.54, 1.807) is 0 Å². The minimum atomic E-state index is 0.380. The number of hydrogen-bond acceptors (Lipinski definition) is 2. The van der Waals surface area contributed by atoms with Crippen molar-refractivity contribution in [3.05, 3.63) is 34.9 Å². The lowest BCUT2D eigenvalue weighted by Crippen LogP contribution is -2.35. The van der Waals surface area contributed by atoms with Crippen LogP contribution in [0.25, 0.3) is 0 Å². The number of nitrogens with one attached hydrogen (secondary N) is 1.